The van der Waals surface area contributed by atoms with Gasteiger partial charge >= 0.3 is 5.96 Å². The maximum absolute atomic E-state index is 5.94. The van der Waals surface area contributed by atoms with Gasteiger partial charge in [-0.1, -0.05) is 18.2 Å². The van der Waals surface area contributed by atoms with Crippen LogP contribution < -0.4 is 20.6 Å². The fourth-order valence-electron chi connectivity index (χ4n) is 3.58. The van der Waals surface area contributed by atoms with Crippen molar-refractivity contribution >= 4 is 17.8 Å². The van der Waals surface area contributed by atoms with Gasteiger partial charge in [-0.05, 0) is 23.8 Å². The Kier molecular flexibility index (Phi) is 6.36. The maximum atomic E-state index is 5.94. The number of pyridine rings is 1. The monoisotopic (exact) mass is 407 g/mol. The van der Waals surface area contributed by atoms with Crippen LogP contribution in [0.2, 0.25) is 0 Å². The minimum Gasteiger partial charge on any atom is -0.379 e. The summed E-state index contributed by atoms with van der Waals surface area (Å²) in [6.45, 7) is 5.26. The molecule has 1 saturated heterocycles. The second-order valence-corrected chi connectivity index (χ2v) is 7.33. The number of guanidine groups is 1. The van der Waals surface area contributed by atoms with Gasteiger partial charge < -0.3 is 4.74 Å². The van der Waals surface area contributed by atoms with Gasteiger partial charge in [-0.25, -0.2) is 8.97 Å². The normalized spacial score (nSPS) is 15.8. The van der Waals surface area contributed by atoms with Gasteiger partial charge in [0.05, 0.1) is 39.2 Å². The summed E-state index contributed by atoms with van der Waals surface area (Å²) in [7, 11) is 2.08. The van der Waals surface area contributed by atoms with Crippen molar-refractivity contribution in [3.05, 3.63) is 60.4 Å². The summed E-state index contributed by atoms with van der Waals surface area (Å²) in [5, 5.41) is 4.22. The number of benzene rings is 1. The van der Waals surface area contributed by atoms with Crippen molar-refractivity contribution in [2.24, 2.45) is 17.9 Å². The lowest BCUT2D eigenvalue weighted by Gasteiger charge is -2.25. The lowest BCUT2D eigenvalue weighted by Crippen LogP contribution is -2.80. The molecule has 0 aliphatic carbocycles. The molecule has 0 amide bonds. The number of ether oxygens (including phenoxy) is 1. The summed E-state index contributed by atoms with van der Waals surface area (Å²) in [6, 6.07) is 14.5. The Labute approximate surface area is 176 Å². The minimum absolute atomic E-state index is 0.448. The van der Waals surface area contributed by atoms with Crippen LogP contribution in [0.15, 0.2) is 60.0 Å². The molecule has 156 valence electrons. The Morgan fingerprint density at radius 3 is 2.80 bits per heavy atom. The van der Waals surface area contributed by atoms with Crippen LogP contribution in [0.5, 0.6) is 0 Å². The van der Waals surface area contributed by atoms with E-state index in [2.05, 4.69) is 67.0 Å². The molecule has 1 aliphatic heterocycles. The van der Waals surface area contributed by atoms with Crippen LogP contribution in [-0.4, -0.2) is 61.0 Å². The Morgan fingerprint density at radius 1 is 1.23 bits per heavy atom. The summed E-state index contributed by atoms with van der Waals surface area (Å²) in [6.07, 6.45) is 5.95. The van der Waals surface area contributed by atoms with E-state index in [0.717, 1.165) is 61.9 Å². The fourth-order valence-corrected chi connectivity index (χ4v) is 3.58. The molecule has 0 bridgehead atoms. The number of hydrogen-bond acceptors (Lipinski definition) is 3. The maximum Gasteiger partial charge on any atom is 0.365 e. The summed E-state index contributed by atoms with van der Waals surface area (Å²) >= 11 is 0. The first-order valence-electron chi connectivity index (χ1n) is 10.2. The number of imidazole rings is 1. The molecule has 1 fully saturated rings. The zero-order chi connectivity index (χ0) is 20.8. The number of fused-ring (bicyclic) bond motifs is 1. The highest BCUT2D eigenvalue weighted by Crippen LogP contribution is 2.19. The Hall–Kier alpha value is -3.23. The molecule has 0 unspecified atom stereocenters. The molecule has 30 heavy (non-hydrogen) atoms. The molecule has 2 aromatic heterocycles. The van der Waals surface area contributed by atoms with Crippen molar-refractivity contribution in [2.75, 3.05) is 39.4 Å². The van der Waals surface area contributed by atoms with Crippen molar-refractivity contribution in [3.8, 4) is 11.3 Å². The molecule has 0 spiro atoms. The highest BCUT2D eigenvalue weighted by Gasteiger charge is 2.15. The number of morpholine rings is 1. The average Bonchev–Trinajstić information content (AvgIpc) is 3.12. The molecular formula is C22H29N7O+2. The van der Waals surface area contributed by atoms with Gasteiger partial charge in [0.15, 0.2) is 5.69 Å². The van der Waals surface area contributed by atoms with Gasteiger partial charge in [0, 0.05) is 31.3 Å². The third-order valence-corrected chi connectivity index (χ3v) is 5.29. The van der Waals surface area contributed by atoms with Crippen LogP contribution in [0.3, 0.4) is 0 Å². The predicted octanol–water partition coefficient (Wildman–Crippen LogP) is -0.918. The largest absolute Gasteiger partial charge is 0.379 e. The van der Waals surface area contributed by atoms with Crippen molar-refractivity contribution in [1.82, 2.24) is 14.9 Å². The zero-order valence-corrected chi connectivity index (χ0v) is 17.3. The number of nitrogens with one attached hydrogen (secondary N) is 2. The third kappa shape index (κ3) is 4.84. The standard InChI is InChI=1S/C22H28N7O/c1-27-20(17-29-10-3-2-4-21(27)29)19-7-5-18(6-8-19)16-25-26-22(23)24-9-11-28-12-14-30-15-13-28/h2-8,10,16-17H,9,11-15H2,1H3,(H3,23,24,26)/q+1/p+1/b25-16-. The van der Waals surface area contributed by atoms with Gasteiger partial charge in [0.1, 0.15) is 6.20 Å². The minimum atomic E-state index is 0.448. The highest BCUT2D eigenvalue weighted by atomic mass is 16.5. The summed E-state index contributed by atoms with van der Waals surface area (Å²) in [4.78, 5) is 5.50. The number of hydrogen-bond donors (Lipinski definition) is 3. The Balaban J connectivity index is 1.32. The van der Waals surface area contributed by atoms with E-state index < -0.39 is 0 Å². The summed E-state index contributed by atoms with van der Waals surface area (Å²) in [5.41, 5.74) is 13.2. The molecule has 1 aliphatic rings. The summed E-state index contributed by atoms with van der Waals surface area (Å²) < 4.78 is 9.66. The molecule has 0 atom stereocenters. The van der Waals surface area contributed by atoms with Gasteiger partial charge in [-0.3, -0.25) is 15.6 Å². The predicted molar refractivity (Wildman–Crippen MR) is 117 cm³/mol. The second kappa shape index (κ2) is 9.51. The third-order valence-electron chi connectivity index (χ3n) is 5.29. The van der Waals surface area contributed by atoms with Crippen LogP contribution >= 0.6 is 0 Å². The first-order valence-corrected chi connectivity index (χ1v) is 10.2. The molecule has 0 radical (unpaired) electrons. The number of aryl methyl sites for hydroxylation is 1. The van der Waals surface area contributed by atoms with Gasteiger partial charge in [0.25, 0.3) is 5.65 Å². The summed E-state index contributed by atoms with van der Waals surface area (Å²) in [5.74, 6) is 0.448. The Bertz CT molecular complexity index is 1030. The van der Waals surface area contributed by atoms with E-state index in [-0.39, 0.29) is 0 Å². The number of hydrazone groups is 1. The molecule has 0 saturated carbocycles. The number of rotatable bonds is 6. The smallest absolute Gasteiger partial charge is 0.365 e. The van der Waals surface area contributed by atoms with Crippen molar-refractivity contribution in [1.29, 1.82) is 0 Å². The van der Waals surface area contributed by atoms with Crippen molar-refractivity contribution < 1.29 is 14.1 Å². The van der Waals surface area contributed by atoms with E-state index in [4.69, 9.17) is 10.5 Å². The molecule has 3 aromatic rings. The average molecular weight is 408 g/mol. The molecule has 8 heteroatoms. The number of aromatic nitrogens is 2. The van der Waals surface area contributed by atoms with E-state index in [1.807, 2.05) is 24.3 Å². The molecule has 1 aromatic carbocycles. The van der Waals surface area contributed by atoms with Crippen molar-refractivity contribution in [3.63, 3.8) is 0 Å². The lowest BCUT2D eigenvalue weighted by molar-refractivity contribution is -0.510. The molecule has 8 nitrogen and oxygen atoms in total. The SMILES string of the molecule is Cn1c(-c2ccc(/C=N\NC(N)=[NH+]CCN3CCOCC3)cc2)c[n+]2ccccc12. The molecule has 4 rings (SSSR count). The van der Waals surface area contributed by atoms with Gasteiger partial charge in [-0.15, -0.1) is 5.10 Å². The van der Waals surface area contributed by atoms with Crippen molar-refractivity contribution in [2.45, 2.75) is 0 Å². The lowest BCUT2D eigenvalue weighted by atomic mass is 10.1. The molecular weight excluding hydrogens is 378 g/mol. The van der Waals surface area contributed by atoms with E-state index in [9.17, 15) is 0 Å². The quantitative estimate of drug-likeness (QED) is 0.214. The van der Waals surface area contributed by atoms with E-state index >= 15 is 0 Å². The van der Waals surface area contributed by atoms with Crippen LogP contribution in [0.25, 0.3) is 16.9 Å². The van der Waals surface area contributed by atoms with E-state index in [0.29, 0.717) is 5.96 Å². The van der Waals surface area contributed by atoms with E-state index in [1.165, 1.54) is 0 Å². The molecule has 3 heterocycles. The molecule has 4 N–H and O–H groups in total. The highest BCUT2D eigenvalue weighted by molar-refractivity contribution is 5.82. The van der Waals surface area contributed by atoms with Crippen LogP contribution in [0.4, 0.5) is 0 Å². The van der Waals surface area contributed by atoms with E-state index in [1.54, 1.807) is 6.21 Å². The number of nitrogens with two attached hydrogens (primary N) is 1. The van der Waals surface area contributed by atoms with Crippen LogP contribution in [0.1, 0.15) is 5.56 Å². The fraction of sp³-hybridized carbons (Fsp3) is 0.318. The second-order valence-electron chi connectivity index (χ2n) is 7.33. The first-order chi connectivity index (χ1) is 14.7. The first kappa shape index (κ1) is 20.1. The number of nitrogens with zero attached hydrogens (tertiary/aromatic N) is 4. The van der Waals surface area contributed by atoms with Gasteiger partial charge in [0.2, 0.25) is 0 Å². The van der Waals surface area contributed by atoms with Crippen LogP contribution in [-0.2, 0) is 11.8 Å². The van der Waals surface area contributed by atoms with Gasteiger partial charge in [-0.2, -0.15) is 5.43 Å². The Morgan fingerprint density at radius 2 is 2.03 bits per heavy atom. The zero-order valence-electron chi connectivity index (χ0n) is 17.3. The topological polar surface area (TPSA) is 85.9 Å². The van der Waals surface area contributed by atoms with Crippen LogP contribution in [0, 0.1) is 0 Å².